The first-order chi connectivity index (χ1) is 5.45. The molecule has 2 heteroatoms. The third-order valence-corrected chi connectivity index (χ3v) is 1.69. The summed E-state index contributed by atoms with van der Waals surface area (Å²) in [5.74, 6) is 0. The summed E-state index contributed by atoms with van der Waals surface area (Å²) in [6.07, 6.45) is 3.14. The van der Waals surface area contributed by atoms with Gasteiger partial charge in [-0.1, -0.05) is 13.3 Å². The molecule has 0 fully saturated rings. The predicted octanol–water partition coefficient (Wildman–Crippen LogP) is 2.35. The minimum atomic E-state index is -0.606. The molecule has 1 atom stereocenters. The topological polar surface area (TPSA) is 29.5 Å². The summed E-state index contributed by atoms with van der Waals surface area (Å²) in [6, 6.07) is 0. The van der Waals surface area contributed by atoms with Crippen LogP contribution in [0.2, 0.25) is 0 Å². The molecule has 1 unspecified atom stereocenters. The zero-order valence-electron chi connectivity index (χ0n) is 8.76. The summed E-state index contributed by atoms with van der Waals surface area (Å²) < 4.78 is 5.50. The fraction of sp³-hybridized carbons (Fsp3) is 1.00. The highest BCUT2D eigenvalue weighted by molar-refractivity contribution is 4.68. The van der Waals surface area contributed by atoms with Gasteiger partial charge < -0.3 is 9.84 Å². The van der Waals surface area contributed by atoms with Crippen molar-refractivity contribution in [2.75, 3.05) is 6.61 Å². The van der Waals surface area contributed by atoms with E-state index in [9.17, 15) is 5.11 Å². The normalized spacial score (nSPS) is 14.8. The second kappa shape index (κ2) is 5.55. The van der Waals surface area contributed by atoms with Crippen LogP contribution in [0.3, 0.4) is 0 Å². The van der Waals surface area contributed by atoms with Crippen molar-refractivity contribution in [3.8, 4) is 0 Å². The summed E-state index contributed by atoms with van der Waals surface area (Å²) >= 11 is 0. The lowest BCUT2D eigenvalue weighted by molar-refractivity contribution is -0.0129. The van der Waals surface area contributed by atoms with Crippen LogP contribution in [-0.2, 0) is 4.74 Å². The number of hydrogen-bond acceptors (Lipinski definition) is 2. The van der Waals surface area contributed by atoms with Gasteiger partial charge in [-0.15, -0.1) is 0 Å². The molecule has 0 aromatic carbocycles. The number of rotatable bonds is 6. The largest absolute Gasteiger partial charge is 0.390 e. The van der Waals surface area contributed by atoms with Crippen molar-refractivity contribution in [2.45, 2.75) is 58.7 Å². The van der Waals surface area contributed by atoms with Gasteiger partial charge in [0, 0.05) is 13.0 Å². The molecule has 0 spiro atoms. The van der Waals surface area contributed by atoms with Crippen LogP contribution < -0.4 is 0 Å². The highest BCUT2D eigenvalue weighted by Crippen LogP contribution is 2.12. The first-order valence-electron chi connectivity index (χ1n) is 4.79. The first kappa shape index (κ1) is 11.9. The molecule has 74 valence electrons. The summed E-state index contributed by atoms with van der Waals surface area (Å²) in [5, 5.41) is 9.46. The molecule has 0 aliphatic heterocycles. The van der Waals surface area contributed by atoms with Crippen LogP contribution in [-0.4, -0.2) is 23.4 Å². The Hall–Kier alpha value is -0.0800. The van der Waals surface area contributed by atoms with Crippen LogP contribution >= 0.6 is 0 Å². The zero-order valence-corrected chi connectivity index (χ0v) is 8.76. The van der Waals surface area contributed by atoms with Gasteiger partial charge in [0.1, 0.15) is 0 Å². The maximum absolute atomic E-state index is 9.46. The van der Waals surface area contributed by atoms with Crippen LogP contribution in [0.4, 0.5) is 0 Å². The summed E-state index contributed by atoms with van der Waals surface area (Å²) in [4.78, 5) is 0. The Balaban J connectivity index is 3.40. The predicted molar refractivity (Wildman–Crippen MR) is 51.2 cm³/mol. The third-order valence-electron chi connectivity index (χ3n) is 1.69. The van der Waals surface area contributed by atoms with Crippen LogP contribution in [0, 0.1) is 0 Å². The third kappa shape index (κ3) is 8.02. The molecular weight excluding hydrogens is 152 g/mol. The molecule has 0 amide bonds. The monoisotopic (exact) mass is 174 g/mol. The number of unbranched alkanes of at least 4 members (excludes halogenated alkanes) is 1. The van der Waals surface area contributed by atoms with E-state index in [1.165, 1.54) is 0 Å². The van der Waals surface area contributed by atoms with Gasteiger partial charge in [-0.2, -0.15) is 0 Å². The average molecular weight is 174 g/mol. The first-order valence-corrected chi connectivity index (χ1v) is 4.79. The molecule has 12 heavy (non-hydrogen) atoms. The standard InChI is InChI=1S/C10H22O2/c1-5-6-7-12-9(2)8-10(3,4)11/h9,11H,5-8H2,1-4H3. The molecule has 0 saturated carbocycles. The molecule has 1 N–H and O–H groups in total. The van der Waals surface area contributed by atoms with Gasteiger partial charge in [0.05, 0.1) is 11.7 Å². The lowest BCUT2D eigenvalue weighted by Crippen LogP contribution is -2.26. The molecule has 0 aliphatic carbocycles. The number of hydrogen-bond donors (Lipinski definition) is 1. The zero-order chi connectivity index (χ0) is 9.61. The van der Waals surface area contributed by atoms with E-state index in [2.05, 4.69) is 6.92 Å². The highest BCUT2D eigenvalue weighted by Gasteiger charge is 2.16. The Morgan fingerprint density at radius 3 is 2.42 bits per heavy atom. The smallest absolute Gasteiger partial charge is 0.0616 e. The summed E-state index contributed by atoms with van der Waals surface area (Å²) in [5.41, 5.74) is -0.606. The Bertz CT molecular complexity index is 105. The fourth-order valence-electron chi connectivity index (χ4n) is 1.19. The SMILES string of the molecule is CCCCOC(C)CC(C)(C)O. The lowest BCUT2D eigenvalue weighted by Gasteiger charge is -2.22. The van der Waals surface area contributed by atoms with Crippen LogP contribution in [0.15, 0.2) is 0 Å². The highest BCUT2D eigenvalue weighted by atomic mass is 16.5. The summed E-state index contributed by atoms with van der Waals surface area (Å²) in [6.45, 7) is 8.59. The van der Waals surface area contributed by atoms with E-state index in [4.69, 9.17) is 4.74 Å². The van der Waals surface area contributed by atoms with Crippen LogP contribution in [0.5, 0.6) is 0 Å². The van der Waals surface area contributed by atoms with E-state index in [0.29, 0.717) is 6.42 Å². The van der Waals surface area contributed by atoms with E-state index in [-0.39, 0.29) is 6.10 Å². The van der Waals surface area contributed by atoms with Gasteiger partial charge in [0.15, 0.2) is 0 Å². The van der Waals surface area contributed by atoms with Crippen molar-refractivity contribution in [1.82, 2.24) is 0 Å². The molecule has 0 aromatic rings. The quantitative estimate of drug-likeness (QED) is 0.626. The van der Waals surface area contributed by atoms with Gasteiger partial charge in [0.25, 0.3) is 0 Å². The molecule has 0 bridgehead atoms. The second-order valence-corrected chi connectivity index (χ2v) is 4.05. The van der Waals surface area contributed by atoms with Gasteiger partial charge in [-0.25, -0.2) is 0 Å². The lowest BCUT2D eigenvalue weighted by atomic mass is 10.0. The molecule has 0 radical (unpaired) electrons. The van der Waals surface area contributed by atoms with Gasteiger partial charge >= 0.3 is 0 Å². The van der Waals surface area contributed by atoms with Crippen LogP contribution in [0.25, 0.3) is 0 Å². The van der Waals surface area contributed by atoms with E-state index in [1.807, 2.05) is 20.8 Å². The van der Waals surface area contributed by atoms with Gasteiger partial charge in [0.2, 0.25) is 0 Å². The molecular formula is C10H22O2. The molecule has 0 rings (SSSR count). The Labute approximate surface area is 75.9 Å². The maximum Gasteiger partial charge on any atom is 0.0616 e. The van der Waals surface area contributed by atoms with E-state index < -0.39 is 5.60 Å². The average Bonchev–Trinajstić information content (AvgIpc) is 1.84. The Kier molecular flexibility index (Phi) is 5.51. The fourth-order valence-corrected chi connectivity index (χ4v) is 1.19. The van der Waals surface area contributed by atoms with Crippen molar-refractivity contribution in [3.63, 3.8) is 0 Å². The molecule has 0 heterocycles. The van der Waals surface area contributed by atoms with Crippen molar-refractivity contribution in [1.29, 1.82) is 0 Å². The van der Waals surface area contributed by atoms with Crippen molar-refractivity contribution in [3.05, 3.63) is 0 Å². The van der Waals surface area contributed by atoms with Crippen LogP contribution in [0.1, 0.15) is 47.0 Å². The van der Waals surface area contributed by atoms with Gasteiger partial charge in [-0.3, -0.25) is 0 Å². The van der Waals surface area contributed by atoms with E-state index in [0.717, 1.165) is 19.4 Å². The Morgan fingerprint density at radius 2 is 2.00 bits per heavy atom. The molecule has 0 aliphatic rings. The van der Waals surface area contributed by atoms with Gasteiger partial charge in [-0.05, 0) is 27.2 Å². The molecule has 0 saturated heterocycles. The number of aliphatic hydroxyl groups is 1. The maximum atomic E-state index is 9.46. The van der Waals surface area contributed by atoms with E-state index in [1.54, 1.807) is 0 Å². The number of ether oxygens (including phenoxy) is 1. The van der Waals surface area contributed by atoms with Crippen molar-refractivity contribution < 1.29 is 9.84 Å². The van der Waals surface area contributed by atoms with Crippen molar-refractivity contribution >= 4 is 0 Å². The van der Waals surface area contributed by atoms with Crippen molar-refractivity contribution in [2.24, 2.45) is 0 Å². The molecule has 2 nitrogen and oxygen atoms in total. The minimum Gasteiger partial charge on any atom is -0.390 e. The van der Waals surface area contributed by atoms with E-state index >= 15 is 0 Å². The minimum absolute atomic E-state index is 0.163. The molecule has 0 aromatic heterocycles. The summed E-state index contributed by atoms with van der Waals surface area (Å²) in [7, 11) is 0. The Morgan fingerprint density at radius 1 is 1.42 bits per heavy atom. The second-order valence-electron chi connectivity index (χ2n) is 4.05.